The highest BCUT2D eigenvalue weighted by molar-refractivity contribution is 7.89. The van der Waals surface area contributed by atoms with E-state index in [1.165, 1.54) is 16.4 Å². The third-order valence-electron chi connectivity index (χ3n) is 5.04. The molecule has 1 aliphatic carbocycles. The topological polar surface area (TPSA) is 66.5 Å². The Morgan fingerprint density at radius 1 is 1.07 bits per heavy atom. The van der Waals surface area contributed by atoms with Crippen molar-refractivity contribution in [3.63, 3.8) is 0 Å². The highest BCUT2D eigenvalue weighted by atomic mass is 32.2. The molecule has 2 aromatic carbocycles. The first-order valence-corrected chi connectivity index (χ1v) is 10.7. The van der Waals surface area contributed by atoms with Crippen LogP contribution in [0.15, 0.2) is 59.5 Å². The van der Waals surface area contributed by atoms with Gasteiger partial charge in [0.1, 0.15) is 0 Å². The first-order chi connectivity index (χ1) is 12.8. The number of hydrogen-bond acceptors (Lipinski definition) is 3. The summed E-state index contributed by atoms with van der Waals surface area (Å²) in [5.74, 6) is 0.190. The predicted molar refractivity (Wildman–Crippen MR) is 106 cm³/mol. The summed E-state index contributed by atoms with van der Waals surface area (Å²) in [7, 11) is -2.08. The number of benzene rings is 2. The quantitative estimate of drug-likeness (QED) is 0.791. The van der Waals surface area contributed by atoms with Gasteiger partial charge in [-0.2, -0.15) is 4.31 Å². The second kappa shape index (κ2) is 7.82. The average Bonchev–Trinajstić information content (AvgIpc) is 3.51. The minimum absolute atomic E-state index is 0.0442. The highest BCUT2D eigenvalue weighted by Crippen LogP contribution is 2.41. The fourth-order valence-corrected chi connectivity index (χ4v) is 4.44. The highest BCUT2D eigenvalue weighted by Gasteiger charge is 2.33. The predicted octanol–water partition coefficient (Wildman–Crippen LogP) is 3.60. The number of nitrogens with one attached hydrogen (secondary N) is 1. The van der Waals surface area contributed by atoms with E-state index >= 15 is 0 Å². The van der Waals surface area contributed by atoms with Gasteiger partial charge in [0.15, 0.2) is 0 Å². The Kier molecular flexibility index (Phi) is 5.67. The van der Waals surface area contributed by atoms with Crippen molar-refractivity contribution in [1.82, 2.24) is 9.62 Å². The van der Waals surface area contributed by atoms with E-state index in [2.05, 4.69) is 5.32 Å². The Balaban J connectivity index is 1.83. The van der Waals surface area contributed by atoms with E-state index < -0.39 is 10.0 Å². The summed E-state index contributed by atoms with van der Waals surface area (Å²) < 4.78 is 26.7. The van der Waals surface area contributed by atoms with Gasteiger partial charge in [-0.15, -0.1) is 0 Å². The van der Waals surface area contributed by atoms with E-state index in [-0.39, 0.29) is 22.9 Å². The summed E-state index contributed by atoms with van der Waals surface area (Å²) in [5.41, 5.74) is 1.44. The van der Waals surface area contributed by atoms with Crippen LogP contribution in [0.3, 0.4) is 0 Å². The van der Waals surface area contributed by atoms with E-state index in [4.69, 9.17) is 0 Å². The van der Waals surface area contributed by atoms with Crippen LogP contribution in [0.25, 0.3) is 0 Å². The lowest BCUT2D eigenvalue weighted by atomic mass is 10.0. The Bertz CT molecular complexity index is 906. The SMILES string of the molecule is CC(C)N(C)S(=O)(=O)c1cccc(C(=O)NC(c2ccccc2)C2CC2)c1. The van der Waals surface area contributed by atoms with Crippen LogP contribution in [0.1, 0.15) is 48.7 Å². The fourth-order valence-electron chi connectivity index (χ4n) is 3.03. The summed E-state index contributed by atoms with van der Waals surface area (Å²) in [6, 6.07) is 16.0. The van der Waals surface area contributed by atoms with Gasteiger partial charge in [-0.25, -0.2) is 8.42 Å². The van der Waals surface area contributed by atoms with Crippen molar-refractivity contribution in [2.45, 2.75) is 43.7 Å². The van der Waals surface area contributed by atoms with Crippen molar-refractivity contribution in [3.05, 3.63) is 65.7 Å². The molecule has 1 fully saturated rings. The van der Waals surface area contributed by atoms with Crippen LogP contribution in [0.4, 0.5) is 0 Å². The van der Waals surface area contributed by atoms with Crippen LogP contribution < -0.4 is 5.32 Å². The lowest BCUT2D eigenvalue weighted by Gasteiger charge is -2.22. The monoisotopic (exact) mass is 386 g/mol. The van der Waals surface area contributed by atoms with Crippen LogP contribution in [0.2, 0.25) is 0 Å². The molecule has 6 heteroatoms. The zero-order chi connectivity index (χ0) is 19.6. The van der Waals surface area contributed by atoms with Crippen molar-refractivity contribution >= 4 is 15.9 Å². The molecule has 0 radical (unpaired) electrons. The standard InChI is InChI=1S/C21H26N2O3S/c1-15(2)23(3)27(25,26)19-11-7-10-18(14-19)21(24)22-20(17-12-13-17)16-8-5-4-6-9-16/h4-11,14-15,17,20H,12-13H2,1-3H3,(H,22,24). The minimum Gasteiger partial charge on any atom is -0.345 e. The minimum atomic E-state index is -3.63. The number of carbonyl (C=O) groups excluding carboxylic acids is 1. The van der Waals surface area contributed by atoms with Gasteiger partial charge in [0, 0.05) is 18.7 Å². The van der Waals surface area contributed by atoms with Gasteiger partial charge in [0.05, 0.1) is 10.9 Å². The molecule has 144 valence electrons. The molecular weight excluding hydrogens is 360 g/mol. The maximum absolute atomic E-state index is 12.8. The summed E-state index contributed by atoms with van der Waals surface area (Å²) in [4.78, 5) is 13.0. The van der Waals surface area contributed by atoms with Crippen LogP contribution in [0, 0.1) is 5.92 Å². The van der Waals surface area contributed by atoms with E-state index in [9.17, 15) is 13.2 Å². The van der Waals surface area contributed by atoms with Crippen molar-refractivity contribution in [2.24, 2.45) is 5.92 Å². The van der Waals surface area contributed by atoms with Crippen LogP contribution in [0.5, 0.6) is 0 Å². The normalized spacial score (nSPS) is 15.7. The molecule has 1 amide bonds. The van der Waals surface area contributed by atoms with Gasteiger partial charge in [-0.05, 0) is 56.4 Å². The summed E-state index contributed by atoms with van der Waals surface area (Å²) in [6.07, 6.45) is 2.18. The van der Waals surface area contributed by atoms with Gasteiger partial charge in [-0.3, -0.25) is 4.79 Å². The zero-order valence-corrected chi connectivity index (χ0v) is 16.7. The number of hydrogen-bond donors (Lipinski definition) is 1. The second-order valence-corrected chi connectivity index (χ2v) is 9.34. The van der Waals surface area contributed by atoms with Crippen molar-refractivity contribution in [2.75, 3.05) is 7.05 Å². The zero-order valence-electron chi connectivity index (χ0n) is 15.9. The lowest BCUT2D eigenvalue weighted by molar-refractivity contribution is 0.0931. The molecule has 1 aliphatic rings. The lowest BCUT2D eigenvalue weighted by Crippen LogP contribution is -2.33. The molecule has 27 heavy (non-hydrogen) atoms. The first-order valence-electron chi connectivity index (χ1n) is 9.24. The number of rotatable bonds is 7. The summed E-state index contributed by atoms with van der Waals surface area (Å²) in [5, 5.41) is 3.09. The maximum Gasteiger partial charge on any atom is 0.251 e. The molecule has 2 aromatic rings. The number of carbonyl (C=O) groups is 1. The molecule has 1 saturated carbocycles. The first kappa shape index (κ1) is 19.6. The molecule has 0 spiro atoms. The summed E-state index contributed by atoms with van der Waals surface area (Å²) >= 11 is 0. The van der Waals surface area contributed by atoms with E-state index in [1.54, 1.807) is 19.2 Å². The van der Waals surface area contributed by atoms with Crippen molar-refractivity contribution in [1.29, 1.82) is 0 Å². The molecule has 0 bridgehead atoms. The molecule has 1 atom stereocenters. The van der Waals surface area contributed by atoms with Crippen LogP contribution in [-0.2, 0) is 10.0 Å². The molecule has 0 aromatic heterocycles. The van der Waals surface area contributed by atoms with Crippen molar-refractivity contribution < 1.29 is 13.2 Å². The van der Waals surface area contributed by atoms with E-state index in [0.717, 1.165) is 18.4 Å². The molecular formula is C21H26N2O3S. The van der Waals surface area contributed by atoms with Crippen LogP contribution in [-0.4, -0.2) is 31.7 Å². The average molecular weight is 387 g/mol. The molecule has 0 aliphatic heterocycles. The molecule has 5 nitrogen and oxygen atoms in total. The van der Waals surface area contributed by atoms with Gasteiger partial charge in [0.25, 0.3) is 5.91 Å². The van der Waals surface area contributed by atoms with Crippen molar-refractivity contribution in [3.8, 4) is 0 Å². The van der Waals surface area contributed by atoms with Gasteiger partial charge < -0.3 is 5.32 Å². The summed E-state index contributed by atoms with van der Waals surface area (Å²) in [6.45, 7) is 3.63. The Morgan fingerprint density at radius 3 is 2.33 bits per heavy atom. The molecule has 0 heterocycles. The molecule has 0 saturated heterocycles. The molecule has 3 rings (SSSR count). The number of nitrogens with zero attached hydrogens (tertiary/aromatic N) is 1. The molecule has 1 unspecified atom stereocenters. The smallest absolute Gasteiger partial charge is 0.251 e. The van der Waals surface area contributed by atoms with E-state index in [0.29, 0.717) is 11.5 Å². The van der Waals surface area contributed by atoms with Crippen LogP contribution >= 0.6 is 0 Å². The maximum atomic E-state index is 12.8. The van der Waals surface area contributed by atoms with Gasteiger partial charge in [-0.1, -0.05) is 36.4 Å². The number of amides is 1. The third-order valence-corrected chi connectivity index (χ3v) is 7.07. The second-order valence-electron chi connectivity index (χ2n) is 7.34. The Hall–Kier alpha value is -2.18. The largest absolute Gasteiger partial charge is 0.345 e. The Morgan fingerprint density at radius 2 is 1.74 bits per heavy atom. The van der Waals surface area contributed by atoms with E-state index in [1.807, 2.05) is 44.2 Å². The third kappa shape index (κ3) is 4.39. The van der Waals surface area contributed by atoms with Gasteiger partial charge >= 0.3 is 0 Å². The van der Waals surface area contributed by atoms with Gasteiger partial charge in [0.2, 0.25) is 10.0 Å². The molecule has 1 N–H and O–H groups in total. The fraction of sp³-hybridized carbons (Fsp3) is 0.381. The number of sulfonamides is 1. The Labute approximate surface area is 161 Å².